The molecule has 1 N–H and O–H groups in total. The van der Waals surface area contributed by atoms with Crippen molar-refractivity contribution in [3.8, 4) is 0 Å². The zero-order chi connectivity index (χ0) is 14.7. The number of nitrogens with one attached hydrogen (secondary N) is 1. The molecule has 2 aromatic rings. The molecule has 1 unspecified atom stereocenters. The summed E-state index contributed by atoms with van der Waals surface area (Å²) in [7, 11) is 0. The summed E-state index contributed by atoms with van der Waals surface area (Å²) in [4.78, 5) is 11.4. The van der Waals surface area contributed by atoms with E-state index in [1.807, 2.05) is 12.4 Å². The zero-order valence-corrected chi connectivity index (χ0v) is 12.7. The number of fused-ring (bicyclic) bond motifs is 1. The average Bonchev–Trinajstić information content (AvgIpc) is 2.52. The van der Waals surface area contributed by atoms with Crippen LogP contribution < -0.4 is 10.2 Å². The molecule has 0 amide bonds. The second-order valence-electron chi connectivity index (χ2n) is 5.70. The predicted octanol–water partition coefficient (Wildman–Crippen LogP) is 2.92. The first-order chi connectivity index (χ1) is 10.3. The quantitative estimate of drug-likeness (QED) is 0.936. The van der Waals surface area contributed by atoms with Crippen molar-refractivity contribution in [1.29, 1.82) is 0 Å². The summed E-state index contributed by atoms with van der Waals surface area (Å²) in [5, 5.41) is 3.30. The van der Waals surface area contributed by atoms with Gasteiger partial charge in [-0.1, -0.05) is 32.0 Å². The predicted molar refractivity (Wildman–Crippen MR) is 85.7 cm³/mol. The van der Waals surface area contributed by atoms with Crippen molar-refractivity contribution in [1.82, 2.24) is 15.3 Å². The van der Waals surface area contributed by atoms with Gasteiger partial charge < -0.3 is 10.2 Å². The van der Waals surface area contributed by atoms with E-state index < -0.39 is 0 Å². The fourth-order valence-electron chi connectivity index (χ4n) is 2.88. The molecule has 0 radical (unpaired) electrons. The lowest BCUT2D eigenvalue weighted by molar-refractivity contribution is 0.559. The van der Waals surface area contributed by atoms with Gasteiger partial charge in [0.05, 0.1) is 11.9 Å². The third kappa shape index (κ3) is 3.05. The van der Waals surface area contributed by atoms with Gasteiger partial charge >= 0.3 is 0 Å². The first-order valence-corrected chi connectivity index (χ1v) is 7.65. The fraction of sp³-hybridized carbons (Fsp3) is 0.412. The third-order valence-corrected chi connectivity index (χ3v) is 3.85. The number of rotatable bonds is 4. The van der Waals surface area contributed by atoms with E-state index in [4.69, 9.17) is 4.98 Å². The van der Waals surface area contributed by atoms with Gasteiger partial charge in [-0.15, -0.1) is 0 Å². The molecule has 1 aromatic carbocycles. The van der Waals surface area contributed by atoms with Crippen molar-refractivity contribution >= 4 is 11.5 Å². The lowest BCUT2D eigenvalue weighted by atomic mass is 9.94. The summed E-state index contributed by atoms with van der Waals surface area (Å²) in [6.45, 7) is 7.09. The Morgan fingerprint density at radius 3 is 3.00 bits per heavy atom. The molecule has 1 aliphatic rings. The molecule has 0 bridgehead atoms. The molecular formula is C17H22N4. The Morgan fingerprint density at radius 1 is 1.29 bits per heavy atom. The van der Waals surface area contributed by atoms with Crippen LogP contribution in [0.3, 0.4) is 0 Å². The Morgan fingerprint density at radius 2 is 2.14 bits per heavy atom. The van der Waals surface area contributed by atoms with Crippen LogP contribution in [-0.4, -0.2) is 23.1 Å². The number of hydrogen-bond acceptors (Lipinski definition) is 4. The zero-order valence-electron chi connectivity index (χ0n) is 12.7. The molecule has 0 spiro atoms. The number of nitrogens with zero attached hydrogens (tertiary/aromatic N) is 3. The smallest absolute Gasteiger partial charge is 0.151 e. The van der Waals surface area contributed by atoms with Crippen LogP contribution in [-0.2, 0) is 13.0 Å². The van der Waals surface area contributed by atoms with Crippen LogP contribution in [0.15, 0.2) is 36.7 Å². The molecule has 0 fully saturated rings. The minimum absolute atomic E-state index is 0.624. The molecule has 21 heavy (non-hydrogen) atoms. The van der Waals surface area contributed by atoms with E-state index in [9.17, 15) is 0 Å². The monoisotopic (exact) mass is 282 g/mol. The molecule has 2 heterocycles. The Kier molecular flexibility index (Phi) is 4.15. The van der Waals surface area contributed by atoms with E-state index >= 15 is 0 Å². The van der Waals surface area contributed by atoms with Gasteiger partial charge in [0.25, 0.3) is 0 Å². The van der Waals surface area contributed by atoms with Crippen LogP contribution in [0.1, 0.15) is 25.1 Å². The second-order valence-corrected chi connectivity index (χ2v) is 5.70. The van der Waals surface area contributed by atoms with Crippen molar-refractivity contribution in [3.05, 3.63) is 47.9 Å². The van der Waals surface area contributed by atoms with Crippen molar-refractivity contribution < 1.29 is 0 Å². The number of benzene rings is 1. The molecule has 4 nitrogen and oxygen atoms in total. The summed E-state index contributed by atoms with van der Waals surface area (Å²) in [6, 6.07) is 8.60. The van der Waals surface area contributed by atoms with Gasteiger partial charge in [-0.2, -0.15) is 0 Å². The highest BCUT2D eigenvalue weighted by molar-refractivity contribution is 5.65. The molecular weight excluding hydrogens is 260 g/mol. The molecule has 1 aromatic heterocycles. The molecule has 0 saturated heterocycles. The van der Waals surface area contributed by atoms with Crippen molar-refractivity contribution in [3.63, 3.8) is 0 Å². The Balaban J connectivity index is 1.93. The van der Waals surface area contributed by atoms with Gasteiger partial charge in [0.1, 0.15) is 0 Å². The van der Waals surface area contributed by atoms with Crippen molar-refractivity contribution in [2.45, 2.75) is 26.8 Å². The summed E-state index contributed by atoms with van der Waals surface area (Å²) < 4.78 is 0. The van der Waals surface area contributed by atoms with Gasteiger partial charge in [-0.25, -0.2) is 4.98 Å². The van der Waals surface area contributed by atoms with E-state index in [0.717, 1.165) is 37.6 Å². The van der Waals surface area contributed by atoms with E-state index in [2.05, 4.69) is 53.3 Å². The number of hydrogen-bond donors (Lipinski definition) is 1. The maximum Gasteiger partial charge on any atom is 0.151 e. The Labute approximate surface area is 126 Å². The maximum atomic E-state index is 4.77. The van der Waals surface area contributed by atoms with E-state index in [1.54, 1.807) is 0 Å². The summed E-state index contributed by atoms with van der Waals surface area (Å²) in [5.41, 5.74) is 3.66. The van der Waals surface area contributed by atoms with E-state index in [1.165, 1.54) is 11.3 Å². The number of aromatic nitrogens is 2. The lowest BCUT2D eigenvalue weighted by Gasteiger charge is -2.33. The van der Waals surface area contributed by atoms with Crippen LogP contribution in [0.25, 0.3) is 0 Å². The van der Waals surface area contributed by atoms with Crippen molar-refractivity contribution in [2.24, 2.45) is 5.92 Å². The molecule has 1 atom stereocenters. The highest BCUT2D eigenvalue weighted by atomic mass is 15.2. The second kappa shape index (κ2) is 6.22. The Hall–Kier alpha value is -1.94. The summed E-state index contributed by atoms with van der Waals surface area (Å²) in [5.74, 6) is 1.57. The Bertz CT molecular complexity index is 611. The van der Waals surface area contributed by atoms with Gasteiger partial charge in [0.15, 0.2) is 5.82 Å². The van der Waals surface area contributed by atoms with Crippen LogP contribution in [0.4, 0.5) is 11.5 Å². The van der Waals surface area contributed by atoms with Crippen LogP contribution in [0.2, 0.25) is 0 Å². The SMILES string of the molecule is CCNCc1cncc(N2CC(C)Cc3ccccc32)n1. The number of anilines is 2. The minimum Gasteiger partial charge on any atom is -0.325 e. The van der Waals surface area contributed by atoms with Gasteiger partial charge in [0.2, 0.25) is 0 Å². The van der Waals surface area contributed by atoms with Crippen LogP contribution in [0.5, 0.6) is 0 Å². The topological polar surface area (TPSA) is 41.1 Å². The van der Waals surface area contributed by atoms with Gasteiger partial charge in [-0.3, -0.25) is 4.98 Å². The van der Waals surface area contributed by atoms with Crippen molar-refractivity contribution in [2.75, 3.05) is 18.0 Å². The molecule has 1 aliphatic heterocycles. The number of para-hydroxylation sites is 1. The first-order valence-electron chi connectivity index (χ1n) is 7.65. The normalized spacial score (nSPS) is 17.6. The molecule has 110 valence electrons. The van der Waals surface area contributed by atoms with Crippen LogP contribution >= 0.6 is 0 Å². The van der Waals surface area contributed by atoms with E-state index in [0.29, 0.717) is 5.92 Å². The summed E-state index contributed by atoms with van der Waals surface area (Å²) >= 11 is 0. The van der Waals surface area contributed by atoms with Crippen LogP contribution in [0, 0.1) is 5.92 Å². The lowest BCUT2D eigenvalue weighted by Crippen LogP contribution is -2.31. The molecule has 0 aliphatic carbocycles. The highest BCUT2D eigenvalue weighted by Gasteiger charge is 2.23. The maximum absolute atomic E-state index is 4.77. The average molecular weight is 282 g/mol. The minimum atomic E-state index is 0.624. The largest absolute Gasteiger partial charge is 0.325 e. The van der Waals surface area contributed by atoms with Gasteiger partial charge in [0, 0.05) is 25.0 Å². The standard InChI is InChI=1S/C17H22N4/c1-3-18-9-15-10-19-11-17(20-15)21-12-13(2)8-14-6-4-5-7-16(14)21/h4-7,10-11,13,18H,3,8-9,12H2,1-2H3. The molecule has 4 heteroatoms. The first kappa shape index (κ1) is 14.0. The molecule has 0 saturated carbocycles. The highest BCUT2D eigenvalue weighted by Crippen LogP contribution is 2.33. The van der Waals surface area contributed by atoms with Gasteiger partial charge in [-0.05, 0) is 30.5 Å². The fourth-order valence-corrected chi connectivity index (χ4v) is 2.88. The summed E-state index contributed by atoms with van der Waals surface area (Å²) in [6.07, 6.45) is 4.84. The third-order valence-electron chi connectivity index (χ3n) is 3.85. The van der Waals surface area contributed by atoms with E-state index in [-0.39, 0.29) is 0 Å². The molecule has 3 rings (SSSR count).